The van der Waals surface area contributed by atoms with Gasteiger partial charge in [0.15, 0.2) is 6.61 Å². The minimum Gasteiger partial charge on any atom is -0.484 e. The van der Waals surface area contributed by atoms with Crippen LogP contribution in [0.1, 0.15) is 19.3 Å². The molecule has 0 saturated carbocycles. The Morgan fingerprint density at radius 3 is 2.33 bits per heavy atom. The van der Waals surface area contributed by atoms with Crippen LogP contribution < -0.4 is 15.0 Å². The van der Waals surface area contributed by atoms with E-state index in [1.165, 1.54) is 49.2 Å². The van der Waals surface area contributed by atoms with Crippen molar-refractivity contribution in [3.8, 4) is 5.75 Å². The topological polar surface area (TPSA) is 41.6 Å². The molecule has 0 bridgehead atoms. The average molecular weight is 328 g/mol. The van der Waals surface area contributed by atoms with Gasteiger partial charge >= 0.3 is 0 Å². The quantitative estimate of drug-likeness (QED) is 0.907. The Morgan fingerprint density at radius 2 is 1.67 bits per heavy atom. The van der Waals surface area contributed by atoms with Crippen LogP contribution >= 0.6 is 0 Å². The maximum absolute atomic E-state index is 12.8. The summed E-state index contributed by atoms with van der Waals surface area (Å²) in [6.45, 7) is 2.08. The summed E-state index contributed by atoms with van der Waals surface area (Å²) in [6, 6.07) is 13.5. The van der Waals surface area contributed by atoms with Gasteiger partial charge in [-0.15, -0.1) is 0 Å². The highest BCUT2D eigenvalue weighted by molar-refractivity contribution is 5.92. The van der Waals surface area contributed by atoms with E-state index in [2.05, 4.69) is 10.2 Å². The lowest BCUT2D eigenvalue weighted by molar-refractivity contribution is -0.118. The van der Waals surface area contributed by atoms with Crippen LogP contribution in [0, 0.1) is 5.82 Å². The molecule has 0 aromatic heterocycles. The monoisotopic (exact) mass is 328 g/mol. The highest BCUT2D eigenvalue weighted by Crippen LogP contribution is 2.21. The minimum atomic E-state index is -0.333. The molecule has 24 heavy (non-hydrogen) atoms. The molecule has 1 N–H and O–H groups in total. The van der Waals surface area contributed by atoms with Crippen molar-refractivity contribution in [3.05, 3.63) is 54.3 Å². The number of anilines is 2. The number of piperidine rings is 1. The zero-order valence-corrected chi connectivity index (χ0v) is 13.5. The van der Waals surface area contributed by atoms with E-state index >= 15 is 0 Å². The van der Waals surface area contributed by atoms with Crippen molar-refractivity contribution in [3.63, 3.8) is 0 Å². The summed E-state index contributed by atoms with van der Waals surface area (Å²) < 4.78 is 18.1. The van der Waals surface area contributed by atoms with E-state index in [1.807, 2.05) is 24.3 Å². The number of hydrogen-bond donors (Lipinski definition) is 1. The average Bonchev–Trinajstić information content (AvgIpc) is 2.63. The number of ether oxygens (including phenoxy) is 1. The van der Waals surface area contributed by atoms with Crippen molar-refractivity contribution in [2.45, 2.75) is 19.3 Å². The fraction of sp³-hybridized carbons (Fsp3) is 0.316. The third-order valence-corrected chi connectivity index (χ3v) is 4.06. The van der Waals surface area contributed by atoms with E-state index in [1.54, 1.807) is 0 Å². The van der Waals surface area contributed by atoms with Gasteiger partial charge in [-0.1, -0.05) is 0 Å². The van der Waals surface area contributed by atoms with Crippen molar-refractivity contribution in [2.75, 3.05) is 29.9 Å². The molecule has 5 heteroatoms. The Labute approximate surface area is 141 Å². The van der Waals surface area contributed by atoms with Gasteiger partial charge < -0.3 is 15.0 Å². The molecule has 1 aliphatic rings. The van der Waals surface area contributed by atoms with Gasteiger partial charge in [0, 0.05) is 24.5 Å². The van der Waals surface area contributed by atoms with Gasteiger partial charge in [0.05, 0.1) is 0 Å². The molecule has 0 unspecified atom stereocenters. The molecule has 3 rings (SSSR count). The van der Waals surface area contributed by atoms with Gasteiger partial charge in [0.1, 0.15) is 11.6 Å². The zero-order chi connectivity index (χ0) is 16.8. The number of nitrogens with zero attached hydrogens (tertiary/aromatic N) is 1. The van der Waals surface area contributed by atoms with Crippen LogP contribution in [0.5, 0.6) is 5.75 Å². The standard InChI is InChI=1S/C19H21FN2O2/c20-15-4-10-18(11-5-15)24-14-19(23)21-16-6-8-17(9-7-16)22-12-2-1-3-13-22/h4-11H,1-3,12-14H2,(H,21,23). The summed E-state index contributed by atoms with van der Waals surface area (Å²) in [4.78, 5) is 14.3. The lowest BCUT2D eigenvalue weighted by atomic mass is 10.1. The van der Waals surface area contributed by atoms with Gasteiger partial charge in [0.2, 0.25) is 0 Å². The molecule has 0 spiro atoms. The lowest BCUT2D eigenvalue weighted by Crippen LogP contribution is -2.29. The largest absolute Gasteiger partial charge is 0.484 e. The maximum atomic E-state index is 12.8. The highest BCUT2D eigenvalue weighted by Gasteiger charge is 2.11. The van der Waals surface area contributed by atoms with Crippen molar-refractivity contribution >= 4 is 17.3 Å². The summed E-state index contributed by atoms with van der Waals surface area (Å²) in [5.74, 6) is -0.113. The molecule has 1 amide bonds. The van der Waals surface area contributed by atoms with Crippen molar-refractivity contribution in [1.82, 2.24) is 0 Å². The van der Waals surface area contributed by atoms with Crippen molar-refractivity contribution in [2.24, 2.45) is 0 Å². The normalized spacial score (nSPS) is 14.3. The SMILES string of the molecule is O=C(COc1ccc(F)cc1)Nc1ccc(N2CCCCC2)cc1. The van der Waals surface area contributed by atoms with Gasteiger partial charge in [-0.25, -0.2) is 4.39 Å². The molecule has 0 radical (unpaired) electrons. The van der Waals surface area contributed by atoms with Gasteiger partial charge in [0.25, 0.3) is 5.91 Å². The van der Waals surface area contributed by atoms with Gasteiger partial charge in [-0.2, -0.15) is 0 Å². The number of hydrogen-bond acceptors (Lipinski definition) is 3. The smallest absolute Gasteiger partial charge is 0.262 e. The first-order chi connectivity index (χ1) is 11.7. The molecule has 4 nitrogen and oxygen atoms in total. The van der Waals surface area contributed by atoms with E-state index < -0.39 is 0 Å². The Bertz CT molecular complexity index is 665. The molecule has 2 aromatic carbocycles. The number of amides is 1. The molecule has 2 aromatic rings. The first kappa shape index (κ1) is 16.3. The van der Waals surface area contributed by atoms with Crippen LogP contribution in [0.15, 0.2) is 48.5 Å². The fourth-order valence-corrected chi connectivity index (χ4v) is 2.78. The second-order valence-electron chi connectivity index (χ2n) is 5.89. The Kier molecular flexibility index (Phi) is 5.31. The van der Waals surface area contributed by atoms with Crippen molar-refractivity contribution in [1.29, 1.82) is 0 Å². The Balaban J connectivity index is 1.49. The highest BCUT2D eigenvalue weighted by atomic mass is 19.1. The van der Waals surface area contributed by atoms with Crippen LogP contribution in [0.4, 0.5) is 15.8 Å². The maximum Gasteiger partial charge on any atom is 0.262 e. The molecule has 0 aliphatic carbocycles. The van der Waals surface area contributed by atoms with E-state index in [0.29, 0.717) is 5.75 Å². The van der Waals surface area contributed by atoms with E-state index in [4.69, 9.17) is 4.74 Å². The Morgan fingerprint density at radius 1 is 1.00 bits per heavy atom. The molecular weight excluding hydrogens is 307 g/mol. The summed E-state index contributed by atoms with van der Waals surface area (Å²) >= 11 is 0. The summed E-state index contributed by atoms with van der Waals surface area (Å²) in [5.41, 5.74) is 1.93. The Hall–Kier alpha value is -2.56. The minimum absolute atomic E-state index is 0.112. The lowest BCUT2D eigenvalue weighted by Gasteiger charge is -2.28. The number of rotatable bonds is 5. The molecule has 1 heterocycles. The van der Waals surface area contributed by atoms with Gasteiger partial charge in [-0.05, 0) is 67.8 Å². The molecule has 126 valence electrons. The number of benzene rings is 2. The van der Waals surface area contributed by atoms with Crippen LogP contribution in [0.3, 0.4) is 0 Å². The van der Waals surface area contributed by atoms with Crippen LogP contribution in [0.2, 0.25) is 0 Å². The molecule has 0 atom stereocenters. The summed E-state index contributed by atoms with van der Waals surface area (Å²) in [7, 11) is 0. The van der Waals surface area contributed by atoms with E-state index in [0.717, 1.165) is 18.8 Å². The first-order valence-electron chi connectivity index (χ1n) is 8.24. The third kappa shape index (κ3) is 4.47. The summed E-state index contributed by atoms with van der Waals surface area (Å²) in [6.07, 6.45) is 3.77. The molecule has 1 saturated heterocycles. The molecule has 1 aliphatic heterocycles. The third-order valence-electron chi connectivity index (χ3n) is 4.06. The zero-order valence-electron chi connectivity index (χ0n) is 13.5. The number of nitrogens with one attached hydrogen (secondary N) is 1. The van der Waals surface area contributed by atoms with Crippen molar-refractivity contribution < 1.29 is 13.9 Å². The molecular formula is C19H21FN2O2. The van der Waals surface area contributed by atoms with Crippen LogP contribution in [0.25, 0.3) is 0 Å². The second kappa shape index (κ2) is 7.81. The predicted octanol–water partition coefficient (Wildman–Crippen LogP) is 3.83. The fourth-order valence-electron chi connectivity index (χ4n) is 2.78. The number of carbonyl (C=O) groups excluding carboxylic acids is 1. The predicted molar refractivity (Wildman–Crippen MR) is 93.0 cm³/mol. The second-order valence-corrected chi connectivity index (χ2v) is 5.89. The van der Waals surface area contributed by atoms with Gasteiger partial charge in [-0.3, -0.25) is 4.79 Å². The number of halogens is 1. The number of carbonyl (C=O) groups is 1. The van der Waals surface area contributed by atoms with E-state index in [-0.39, 0.29) is 18.3 Å². The first-order valence-corrected chi connectivity index (χ1v) is 8.24. The summed E-state index contributed by atoms with van der Waals surface area (Å²) in [5, 5.41) is 2.80. The van der Waals surface area contributed by atoms with E-state index in [9.17, 15) is 9.18 Å². The van der Waals surface area contributed by atoms with Crippen LogP contribution in [-0.2, 0) is 4.79 Å². The molecule has 1 fully saturated rings. The van der Waals surface area contributed by atoms with Crippen LogP contribution in [-0.4, -0.2) is 25.6 Å².